The van der Waals surface area contributed by atoms with Crippen LogP contribution in [-0.2, 0) is 16.1 Å². The molecular weight excluding hydrogens is 265 g/mol. The molecule has 0 saturated carbocycles. The fraction of sp³-hybridized carbons (Fsp3) is 0.500. The van der Waals surface area contributed by atoms with Gasteiger partial charge in [0.05, 0.1) is 10.7 Å². The summed E-state index contributed by atoms with van der Waals surface area (Å²) >= 11 is 11.0. The molecule has 1 heterocycles. The first-order valence-corrected chi connectivity index (χ1v) is 5.89. The zero-order chi connectivity index (χ0) is 12.8. The van der Waals surface area contributed by atoms with E-state index in [2.05, 4.69) is 10.4 Å². The van der Waals surface area contributed by atoms with Gasteiger partial charge in [-0.05, 0) is 24.9 Å². The fourth-order valence-electron chi connectivity index (χ4n) is 1.23. The Morgan fingerprint density at radius 2 is 2.24 bits per heavy atom. The molecule has 1 N–H and O–H groups in total. The van der Waals surface area contributed by atoms with E-state index in [-0.39, 0.29) is 18.9 Å². The van der Waals surface area contributed by atoms with E-state index in [0.29, 0.717) is 23.7 Å². The minimum absolute atomic E-state index is 0.113. The summed E-state index contributed by atoms with van der Waals surface area (Å²) in [5.74, 6) is -0.175. The summed E-state index contributed by atoms with van der Waals surface area (Å²) in [5, 5.41) is 6.86. The molecule has 0 aliphatic heterocycles. The van der Waals surface area contributed by atoms with Crippen LogP contribution in [0.2, 0.25) is 5.02 Å². The molecule has 0 bridgehead atoms. The maximum atomic E-state index is 11.4. The van der Waals surface area contributed by atoms with Gasteiger partial charge >= 0.3 is 0 Å². The van der Waals surface area contributed by atoms with E-state index in [1.165, 1.54) is 4.68 Å². The molecule has 0 spiro atoms. The normalized spacial score (nSPS) is 10.3. The lowest BCUT2D eigenvalue weighted by Crippen LogP contribution is -2.28. The molecule has 1 aromatic rings. The number of nitrogens with zero attached hydrogens (tertiary/aromatic N) is 2. The molecule has 0 atom stereocenters. The highest BCUT2D eigenvalue weighted by molar-refractivity contribution is 6.63. The number of aromatic nitrogens is 2. The van der Waals surface area contributed by atoms with Gasteiger partial charge in [-0.25, -0.2) is 0 Å². The minimum Gasteiger partial charge on any atom is -0.354 e. The van der Waals surface area contributed by atoms with Crippen molar-refractivity contribution in [2.75, 3.05) is 6.54 Å². The number of hydrogen-bond donors (Lipinski definition) is 1. The van der Waals surface area contributed by atoms with E-state index in [9.17, 15) is 9.59 Å². The monoisotopic (exact) mass is 277 g/mol. The summed E-state index contributed by atoms with van der Waals surface area (Å²) in [6.45, 7) is 2.30. The second kappa shape index (κ2) is 6.61. The zero-order valence-electron chi connectivity index (χ0n) is 9.37. The van der Waals surface area contributed by atoms with Crippen LogP contribution in [0.1, 0.15) is 18.5 Å². The Morgan fingerprint density at radius 1 is 1.53 bits per heavy atom. The molecule has 1 rings (SSSR count). The highest BCUT2D eigenvalue weighted by atomic mass is 35.5. The maximum absolute atomic E-state index is 11.4. The first-order chi connectivity index (χ1) is 7.99. The molecule has 0 aromatic carbocycles. The third-order valence-corrected chi connectivity index (χ3v) is 2.62. The predicted octanol–water partition coefficient (Wildman–Crippen LogP) is 1.51. The standard InChI is InChI=1S/C10H13Cl2N3O2/c1-7-8(11)5-15(14-7)6-10(17)13-4-2-3-9(12)16/h5H,2-4,6H2,1H3,(H,13,17). The van der Waals surface area contributed by atoms with E-state index >= 15 is 0 Å². The highest BCUT2D eigenvalue weighted by Crippen LogP contribution is 2.11. The Balaban J connectivity index is 2.27. The molecule has 0 aliphatic rings. The number of hydrogen-bond acceptors (Lipinski definition) is 3. The first-order valence-electron chi connectivity index (χ1n) is 5.13. The number of halogens is 2. The topological polar surface area (TPSA) is 64.0 Å². The Bertz CT molecular complexity index is 398. The van der Waals surface area contributed by atoms with Gasteiger partial charge in [-0.3, -0.25) is 14.3 Å². The second-order valence-electron chi connectivity index (χ2n) is 3.57. The number of carbonyl (C=O) groups is 2. The number of rotatable bonds is 6. The first kappa shape index (κ1) is 14.0. The smallest absolute Gasteiger partial charge is 0.241 e. The minimum atomic E-state index is -0.395. The van der Waals surface area contributed by atoms with Gasteiger partial charge in [-0.1, -0.05) is 11.6 Å². The van der Waals surface area contributed by atoms with Crippen LogP contribution in [0, 0.1) is 6.92 Å². The van der Waals surface area contributed by atoms with Crippen LogP contribution in [0.5, 0.6) is 0 Å². The van der Waals surface area contributed by atoms with E-state index in [1.54, 1.807) is 13.1 Å². The van der Waals surface area contributed by atoms with Crippen molar-refractivity contribution < 1.29 is 9.59 Å². The van der Waals surface area contributed by atoms with Gasteiger partial charge in [-0.15, -0.1) is 0 Å². The Kier molecular flexibility index (Phi) is 5.44. The van der Waals surface area contributed by atoms with Crippen LogP contribution in [0.25, 0.3) is 0 Å². The Morgan fingerprint density at radius 3 is 2.76 bits per heavy atom. The molecule has 0 fully saturated rings. The molecule has 94 valence electrons. The van der Waals surface area contributed by atoms with Gasteiger partial charge in [-0.2, -0.15) is 5.10 Å². The molecule has 0 saturated heterocycles. The van der Waals surface area contributed by atoms with Crippen molar-refractivity contribution in [3.8, 4) is 0 Å². The summed E-state index contributed by atoms with van der Waals surface area (Å²) in [7, 11) is 0. The summed E-state index contributed by atoms with van der Waals surface area (Å²) in [6.07, 6.45) is 2.39. The summed E-state index contributed by atoms with van der Waals surface area (Å²) in [6, 6.07) is 0. The van der Waals surface area contributed by atoms with Crippen LogP contribution in [0.4, 0.5) is 0 Å². The zero-order valence-corrected chi connectivity index (χ0v) is 10.9. The Labute approximate surface area is 109 Å². The average Bonchev–Trinajstić information content (AvgIpc) is 2.52. The largest absolute Gasteiger partial charge is 0.354 e. The molecule has 7 heteroatoms. The highest BCUT2D eigenvalue weighted by Gasteiger charge is 2.06. The van der Waals surface area contributed by atoms with Gasteiger partial charge in [0, 0.05) is 19.2 Å². The quantitative estimate of drug-likeness (QED) is 0.633. The van der Waals surface area contributed by atoms with E-state index < -0.39 is 5.24 Å². The van der Waals surface area contributed by atoms with Gasteiger partial charge < -0.3 is 5.32 Å². The average molecular weight is 278 g/mol. The number of amides is 1. The Hall–Kier alpha value is -1.07. The van der Waals surface area contributed by atoms with Crippen molar-refractivity contribution in [3.05, 3.63) is 16.9 Å². The molecule has 17 heavy (non-hydrogen) atoms. The maximum Gasteiger partial charge on any atom is 0.241 e. The van der Waals surface area contributed by atoms with Gasteiger partial charge in [0.1, 0.15) is 6.54 Å². The lowest BCUT2D eigenvalue weighted by Gasteiger charge is -2.03. The van der Waals surface area contributed by atoms with Crippen LogP contribution in [0.3, 0.4) is 0 Å². The van der Waals surface area contributed by atoms with Gasteiger partial charge in [0.15, 0.2) is 0 Å². The van der Waals surface area contributed by atoms with E-state index in [1.807, 2.05) is 0 Å². The van der Waals surface area contributed by atoms with E-state index in [0.717, 1.165) is 0 Å². The van der Waals surface area contributed by atoms with Gasteiger partial charge in [0.2, 0.25) is 11.1 Å². The van der Waals surface area contributed by atoms with Crippen molar-refractivity contribution >= 4 is 34.4 Å². The van der Waals surface area contributed by atoms with Crippen molar-refractivity contribution in [2.24, 2.45) is 0 Å². The molecule has 0 unspecified atom stereocenters. The fourth-order valence-corrected chi connectivity index (χ4v) is 1.52. The van der Waals surface area contributed by atoms with Crippen LogP contribution in [-0.4, -0.2) is 27.5 Å². The molecule has 0 radical (unpaired) electrons. The molecule has 1 aromatic heterocycles. The van der Waals surface area contributed by atoms with Crippen LogP contribution in [0.15, 0.2) is 6.20 Å². The second-order valence-corrected chi connectivity index (χ2v) is 4.40. The molecule has 1 amide bonds. The molecular formula is C10H13Cl2N3O2. The van der Waals surface area contributed by atoms with Crippen molar-refractivity contribution in [1.29, 1.82) is 0 Å². The predicted molar refractivity (Wildman–Crippen MR) is 65.1 cm³/mol. The number of aryl methyl sites for hydroxylation is 1. The van der Waals surface area contributed by atoms with Gasteiger partial charge in [0.25, 0.3) is 0 Å². The van der Waals surface area contributed by atoms with E-state index in [4.69, 9.17) is 23.2 Å². The van der Waals surface area contributed by atoms with Crippen molar-refractivity contribution in [3.63, 3.8) is 0 Å². The molecule has 0 aliphatic carbocycles. The number of carbonyl (C=O) groups excluding carboxylic acids is 2. The van der Waals surface area contributed by atoms with Crippen molar-refractivity contribution in [2.45, 2.75) is 26.3 Å². The molecule has 5 nitrogen and oxygen atoms in total. The summed E-state index contributed by atoms with van der Waals surface area (Å²) < 4.78 is 1.47. The van der Waals surface area contributed by atoms with Crippen LogP contribution >= 0.6 is 23.2 Å². The SMILES string of the molecule is Cc1nn(CC(=O)NCCCC(=O)Cl)cc1Cl. The number of nitrogens with one attached hydrogen (secondary N) is 1. The summed E-state index contributed by atoms with van der Waals surface area (Å²) in [5.41, 5.74) is 0.687. The van der Waals surface area contributed by atoms with Crippen molar-refractivity contribution in [1.82, 2.24) is 15.1 Å². The van der Waals surface area contributed by atoms with Crippen LogP contribution < -0.4 is 5.32 Å². The third kappa shape index (κ3) is 5.19. The summed E-state index contributed by atoms with van der Waals surface area (Å²) in [4.78, 5) is 21.9. The third-order valence-electron chi connectivity index (χ3n) is 2.06. The lowest BCUT2D eigenvalue weighted by molar-refractivity contribution is -0.122. The lowest BCUT2D eigenvalue weighted by atomic mass is 10.3.